The fourth-order valence-corrected chi connectivity index (χ4v) is 2.62. The summed E-state index contributed by atoms with van der Waals surface area (Å²) in [5, 5.41) is 7.44. The highest BCUT2D eigenvalue weighted by atomic mass is 35.5. The summed E-state index contributed by atoms with van der Waals surface area (Å²) in [5.74, 6) is 0.234. The van der Waals surface area contributed by atoms with Crippen LogP contribution in [0.15, 0.2) is 53.6 Å². The number of carbonyl (C=O) groups is 1. The second-order valence-electron chi connectivity index (χ2n) is 5.37. The van der Waals surface area contributed by atoms with E-state index in [2.05, 4.69) is 15.4 Å². The van der Waals surface area contributed by atoms with Gasteiger partial charge in [-0.15, -0.1) is 5.10 Å². The van der Waals surface area contributed by atoms with Crippen LogP contribution in [0.25, 0.3) is 11.4 Å². The number of nitrogens with one attached hydrogen (secondary N) is 1. The smallest absolute Gasteiger partial charge is 0.345 e. The van der Waals surface area contributed by atoms with Gasteiger partial charge < -0.3 is 5.32 Å². The lowest BCUT2D eigenvalue weighted by Gasteiger charge is -2.06. The molecule has 0 fully saturated rings. The topological polar surface area (TPSA) is 81.8 Å². The lowest BCUT2D eigenvalue weighted by molar-refractivity contribution is 0.0952. The second kappa shape index (κ2) is 7.31. The van der Waals surface area contributed by atoms with Crippen LogP contribution in [0, 0.1) is 0 Å². The molecule has 0 radical (unpaired) electrons. The Bertz CT molecular complexity index is 949. The monoisotopic (exact) mass is 357 g/mol. The Hall–Kier alpha value is -2.93. The van der Waals surface area contributed by atoms with Gasteiger partial charge in [0.25, 0.3) is 5.91 Å². The van der Waals surface area contributed by atoms with Crippen LogP contribution in [0.2, 0.25) is 5.02 Å². The predicted octanol–water partition coefficient (Wildman–Crippen LogP) is 1.73. The van der Waals surface area contributed by atoms with Gasteiger partial charge in [-0.2, -0.15) is 0 Å². The van der Waals surface area contributed by atoms with Crippen LogP contribution in [0.3, 0.4) is 0 Å². The zero-order chi connectivity index (χ0) is 17.8. The summed E-state index contributed by atoms with van der Waals surface area (Å²) >= 11 is 5.99. The fraction of sp³-hybridized carbons (Fsp3) is 0.176. The molecule has 0 aliphatic rings. The molecule has 2 heterocycles. The first-order valence-corrected chi connectivity index (χ1v) is 8.02. The van der Waals surface area contributed by atoms with Crippen molar-refractivity contribution in [2.24, 2.45) is 7.05 Å². The summed E-state index contributed by atoms with van der Waals surface area (Å²) in [5.41, 5.74) is 0.889. The highest BCUT2D eigenvalue weighted by Gasteiger charge is 2.13. The van der Waals surface area contributed by atoms with Crippen molar-refractivity contribution in [2.45, 2.75) is 6.54 Å². The number of carbonyl (C=O) groups excluding carboxylic acids is 1. The first kappa shape index (κ1) is 16.9. The molecule has 0 aliphatic heterocycles. The van der Waals surface area contributed by atoms with Crippen molar-refractivity contribution in [1.29, 1.82) is 0 Å². The molecule has 0 saturated heterocycles. The average molecular weight is 358 g/mol. The van der Waals surface area contributed by atoms with Crippen molar-refractivity contribution in [3.63, 3.8) is 0 Å². The number of halogens is 1. The predicted molar refractivity (Wildman–Crippen MR) is 94.5 cm³/mol. The lowest BCUT2D eigenvalue weighted by atomic mass is 10.2. The van der Waals surface area contributed by atoms with Crippen LogP contribution in [0.4, 0.5) is 0 Å². The molecule has 0 spiro atoms. The SMILES string of the molecule is Cn1c(-c2cccnc2)nn(CCNC(=O)c2ccccc2Cl)c1=O. The summed E-state index contributed by atoms with van der Waals surface area (Å²) in [4.78, 5) is 28.4. The van der Waals surface area contributed by atoms with Gasteiger partial charge in [-0.25, -0.2) is 9.48 Å². The van der Waals surface area contributed by atoms with Gasteiger partial charge in [-0.1, -0.05) is 23.7 Å². The molecule has 0 saturated carbocycles. The number of aromatic nitrogens is 4. The minimum absolute atomic E-state index is 0.253. The molecule has 0 bridgehead atoms. The van der Waals surface area contributed by atoms with Crippen LogP contribution in [-0.4, -0.2) is 31.8 Å². The van der Waals surface area contributed by atoms with Gasteiger partial charge in [0, 0.05) is 31.5 Å². The van der Waals surface area contributed by atoms with E-state index in [0.717, 1.165) is 5.56 Å². The molecule has 1 N–H and O–H groups in total. The van der Waals surface area contributed by atoms with Crippen molar-refractivity contribution in [3.8, 4) is 11.4 Å². The van der Waals surface area contributed by atoms with Gasteiger partial charge in [0.1, 0.15) is 0 Å². The van der Waals surface area contributed by atoms with Gasteiger partial charge in [0.05, 0.1) is 17.1 Å². The summed E-state index contributed by atoms with van der Waals surface area (Å²) < 4.78 is 2.77. The van der Waals surface area contributed by atoms with E-state index in [1.165, 1.54) is 9.25 Å². The number of benzene rings is 1. The highest BCUT2D eigenvalue weighted by Crippen LogP contribution is 2.14. The second-order valence-corrected chi connectivity index (χ2v) is 5.77. The average Bonchev–Trinajstić information content (AvgIpc) is 2.91. The summed E-state index contributed by atoms with van der Waals surface area (Å²) in [6.07, 6.45) is 3.30. The van der Waals surface area contributed by atoms with E-state index >= 15 is 0 Å². The number of pyridine rings is 1. The Labute approximate surface area is 148 Å². The van der Waals surface area contributed by atoms with Crippen LogP contribution in [0.5, 0.6) is 0 Å². The molecule has 1 amide bonds. The minimum Gasteiger partial charge on any atom is -0.350 e. The Morgan fingerprint density at radius 3 is 2.76 bits per heavy atom. The highest BCUT2D eigenvalue weighted by molar-refractivity contribution is 6.33. The molecule has 128 valence electrons. The van der Waals surface area contributed by atoms with E-state index in [0.29, 0.717) is 16.4 Å². The van der Waals surface area contributed by atoms with Crippen LogP contribution in [-0.2, 0) is 13.6 Å². The first-order valence-electron chi connectivity index (χ1n) is 7.65. The molecule has 0 atom stereocenters. The van der Waals surface area contributed by atoms with E-state index in [1.54, 1.807) is 49.8 Å². The standard InChI is InChI=1S/C17H16ClN5O2/c1-22-15(12-5-4-8-19-11-12)21-23(17(22)25)10-9-20-16(24)13-6-2-3-7-14(13)18/h2-8,11H,9-10H2,1H3,(H,20,24). The van der Waals surface area contributed by atoms with E-state index < -0.39 is 0 Å². The maximum atomic E-state index is 12.3. The van der Waals surface area contributed by atoms with Crippen molar-refractivity contribution in [1.82, 2.24) is 24.6 Å². The molecule has 3 rings (SSSR count). The molecule has 1 aromatic carbocycles. The number of hydrogen-bond acceptors (Lipinski definition) is 4. The van der Waals surface area contributed by atoms with E-state index in [4.69, 9.17) is 11.6 Å². The summed E-state index contributed by atoms with van der Waals surface area (Å²) in [6, 6.07) is 10.4. The Kier molecular flexibility index (Phi) is 4.95. The zero-order valence-electron chi connectivity index (χ0n) is 13.5. The molecule has 7 nitrogen and oxygen atoms in total. The van der Waals surface area contributed by atoms with Gasteiger partial charge in [-0.3, -0.25) is 14.3 Å². The van der Waals surface area contributed by atoms with Crippen molar-refractivity contribution in [2.75, 3.05) is 6.54 Å². The van der Waals surface area contributed by atoms with E-state index in [9.17, 15) is 9.59 Å². The maximum absolute atomic E-state index is 12.3. The molecule has 3 aromatic rings. The third-order valence-corrected chi connectivity index (χ3v) is 4.02. The quantitative estimate of drug-likeness (QED) is 0.754. The number of rotatable bonds is 5. The van der Waals surface area contributed by atoms with Gasteiger partial charge in [-0.05, 0) is 24.3 Å². The number of amides is 1. The van der Waals surface area contributed by atoms with Crippen molar-refractivity contribution in [3.05, 3.63) is 69.9 Å². The van der Waals surface area contributed by atoms with Crippen LogP contribution >= 0.6 is 11.6 Å². The van der Waals surface area contributed by atoms with Crippen molar-refractivity contribution < 1.29 is 4.79 Å². The number of nitrogens with zero attached hydrogens (tertiary/aromatic N) is 4. The molecular weight excluding hydrogens is 342 g/mol. The summed E-state index contributed by atoms with van der Waals surface area (Å²) in [7, 11) is 1.65. The summed E-state index contributed by atoms with van der Waals surface area (Å²) in [6.45, 7) is 0.511. The fourth-order valence-electron chi connectivity index (χ4n) is 2.40. The lowest BCUT2D eigenvalue weighted by Crippen LogP contribution is -2.31. The Morgan fingerprint density at radius 1 is 1.24 bits per heavy atom. The van der Waals surface area contributed by atoms with Crippen molar-refractivity contribution >= 4 is 17.5 Å². The third kappa shape index (κ3) is 3.61. The molecule has 0 aliphatic carbocycles. The molecule has 2 aromatic heterocycles. The maximum Gasteiger partial charge on any atom is 0.345 e. The third-order valence-electron chi connectivity index (χ3n) is 3.69. The molecule has 25 heavy (non-hydrogen) atoms. The minimum atomic E-state index is -0.290. The van der Waals surface area contributed by atoms with E-state index in [-0.39, 0.29) is 24.7 Å². The van der Waals surface area contributed by atoms with E-state index in [1.807, 2.05) is 6.07 Å². The number of hydrogen-bond donors (Lipinski definition) is 1. The zero-order valence-corrected chi connectivity index (χ0v) is 14.3. The normalized spacial score (nSPS) is 10.6. The Morgan fingerprint density at radius 2 is 2.04 bits per heavy atom. The van der Waals surface area contributed by atoms with Gasteiger partial charge in [0.15, 0.2) is 5.82 Å². The van der Waals surface area contributed by atoms with Crippen LogP contribution < -0.4 is 11.0 Å². The largest absolute Gasteiger partial charge is 0.350 e. The van der Waals surface area contributed by atoms with Gasteiger partial charge >= 0.3 is 5.69 Å². The molecule has 8 heteroatoms. The molecule has 0 unspecified atom stereocenters. The Balaban J connectivity index is 1.69. The first-order chi connectivity index (χ1) is 12.1. The van der Waals surface area contributed by atoms with Gasteiger partial charge in [0.2, 0.25) is 0 Å². The molecular formula is C17H16ClN5O2. The van der Waals surface area contributed by atoms with Crippen LogP contribution in [0.1, 0.15) is 10.4 Å².